The fourth-order valence-electron chi connectivity index (χ4n) is 3.23. The Hall–Kier alpha value is -2.53. The predicted molar refractivity (Wildman–Crippen MR) is 122 cm³/mol. The highest BCUT2D eigenvalue weighted by atomic mass is 16.5. The molecule has 5 nitrogen and oxygen atoms in total. The van der Waals surface area contributed by atoms with Crippen LogP contribution in [-0.2, 0) is 17.8 Å². The summed E-state index contributed by atoms with van der Waals surface area (Å²) < 4.78 is 11.5. The monoisotopic (exact) mass is 412 g/mol. The van der Waals surface area contributed by atoms with E-state index in [9.17, 15) is 4.79 Å². The molecule has 164 valence electrons. The molecule has 0 saturated carbocycles. The number of benzene rings is 2. The molecule has 0 radical (unpaired) electrons. The Morgan fingerprint density at radius 1 is 1.03 bits per heavy atom. The number of ether oxygens (including phenoxy) is 2. The summed E-state index contributed by atoms with van der Waals surface area (Å²) in [5, 5.41) is 3.27. The van der Waals surface area contributed by atoms with Gasteiger partial charge in [0.05, 0.1) is 20.3 Å². The molecule has 1 amide bonds. The van der Waals surface area contributed by atoms with Crippen LogP contribution in [0, 0.1) is 0 Å². The van der Waals surface area contributed by atoms with Crippen molar-refractivity contribution in [1.82, 2.24) is 10.2 Å². The molecular formula is C25H36N2O3. The maximum absolute atomic E-state index is 13.0. The van der Waals surface area contributed by atoms with Crippen LogP contribution in [0.3, 0.4) is 0 Å². The van der Waals surface area contributed by atoms with E-state index in [0.717, 1.165) is 43.5 Å². The van der Waals surface area contributed by atoms with Gasteiger partial charge in [0, 0.05) is 18.7 Å². The number of hydrogen-bond acceptors (Lipinski definition) is 4. The third-order valence-electron chi connectivity index (χ3n) is 4.94. The van der Waals surface area contributed by atoms with Gasteiger partial charge in [-0.25, -0.2) is 0 Å². The number of para-hydroxylation sites is 1. The lowest BCUT2D eigenvalue weighted by Crippen LogP contribution is -2.39. The smallest absolute Gasteiger partial charge is 0.236 e. The molecular weight excluding hydrogens is 376 g/mol. The molecule has 2 aromatic carbocycles. The van der Waals surface area contributed by atoms with Crippen molar-refractivity contribution in [1.29, 1.82) is 0 Å². The van der Waals surface area contributed by atoms with E-state index < -0.39 is 0 Å². The zero-order valence-electron chi connectivity index (χ0n) is 18.7. The maximum atomic E-state index is 13.0. The number of nitrogens with one attached hydrogen (secondary N) is 1. The van der Waals surface area contributed by atoms with Gasteiger partial charge >= 0.3 is 0 Å². The van der Waals surface area contributed by atoms with Crippen LogP contribution in [0.1, 0.15) is 44.2 Å². The molecule has 5 heteroatoms. The first-order valence-corrected chi connectivity index (χ1v) is 11.0. The Labute approximate surface area is 181 Å². The van der Waals surface area contributed by atoms with Crippen LogP contribution in [0.5, 0.6) is 11.5 Å². The van der Waals surface area contributed by atoms with Gasteiger partial charge in [-0.05, 0) is 37.4 Å². The molecule has 0 fully saturated rings. The van der Waals surface area contributed by atoms with Crippen LogP contribution in [-0.4, -0.2) is 44.2 Å². The Morgan fingerprint density at radius 2 is 1.83 bits per heavy atom. The normalized spacial score (nSPS) is 10.6. The maximum Gasteiger partial charge on any atom is 0.236 e. The molecule has 2 rings (SSSR count). The highest BCUT2D eigenvalue weighted by Crippen LogP contribution is 2.32. The third kappa shape index (κ3) is 7.71. The molecule has 0 heterocycles. The zero-order chi connectivity index (χ0) is 21.6. The summed E-state index contributed by atoms with van der Waals surface area (Å²) in [6.07, 6.45) is 3.91. The third-order valence-corrected chi connectivity index (χ3v) is 4.94. The van der Waals surface area contributed by atoms with Crippen molar-refractivity contribution in [3.63, 3.8) is 0 Å². The summed E-state index contributed by atoms with van der Waals surface area (Å²) in [4.78, 5) is 14.9. The number of carbonyl (C=O) groups is 1. The van der Waals surface area contributed by atoms with E-state index >= 15 is 0 Å². The highest BCUT2D eigenvalue weighted by molar-refractivity contribution is 5.78. The van der Waals surface area contributed by atoms with Gasteiger partial charge in [-0.3, -0.25) is 4.79 Å². The second-order valence-corrected chi connectivity index (χ2v) is 7.38. The first-order valence-electron chi connectivity index (χ1n) is 11.0. The standard InChI is InChI=1S/C25H36N2O3/c1-4-6-16-26-19-24(28)27(17-15-21-11-8-7-9-12-21)20-22-13-10-14-23(29-3)25(22)30-18-5-2/h7-14,26H,4-6,15-20H2,1-3H3. The molecule has 0 atom stereocenters. The molecule has 30 heavy (non-hydrogen) atoms. The number of hydrogen-bond donors (Lipinski definition) is 1. The SMILES string of the molecule is CCCCNCC(=O)N(CCc1ccccc1)Cc1cccc(OC)c1OCCC. The van der Waals surface area contributed by atoms with E-state index in [4.69, 9.17) is 9.47 Å². The van der Waals surface area contributed by atoms with Crippen molar-refractivity contribution < 1.29 is 14.3 Å². The summed E-state index contributed by atoms with van der Waals surface area (Å²) in [5.41, 5.74) is 2.19. The summed E-state index contributed by atoms with van der Waals surface area (Å²) in [6, 6.07) is 16.1. The van der Waals surface area contributed by atoms with Gasteiger partial charge in [-0.2, -0.15) is 0 Å². The van der Waals surface area contributed by atoms with Crippen molar-refractivity contribution >= 4 is 5.91 Å². The molecule has 0 saturated heterocycles. The fourth-order valence-corrected chi connectivity index (χ4v) is 3.23. The number of amides is 1. The van der Waals surface area contributed by atoms with Crippen LogP contribution >= 0.6 is 0 Å². The van der Waals surface area contributed by atoms with E-state index in [1.54, 1.807) is 7.11 Å². The predicted octanol–water partition coefficient (Wildman–Crippen LogP) is 4.45. The van der Waals surface area contributed by atoms with E-state index in [1.807, 2.05) is 41.3 Å². The Kier molecular flexibility index (Phi) is 10.8. The van der Waals surface area contributed by atoms with Gasteiger partial charge in [-0.1, -0.05) is 62.7 Å². The summed E-state index contributed by atoms with van der Waals surface area (Å²) in [6.45, 7) is 7.20. The Bertz CT molecular complexity index is 749. The molecule has 0 aliphatic rings. The minimum Gasteiger partial charge on any atom is -0.493 e. The van der Waals surface area contributed by atoms with Gasteiger partial charge in [0.15, 0.2) is 11.5 Å². The van der Waals surface area contributed by atoms with Gasteiger partial charge < -0.3 is 19.7 Å². The molecule has 0 unspecified atom stereocenters. The van der Waals surface area contributed by atoms with Crippen molar-refractivity contribution in [2.75, 3.05) is 33.4 Å². The largest absolute Gasteiger partial charge is 0.493 e. The van der Waals surface area contributed by atoms with Gasteiger partial charge in [0.1, 0.15) is 0 Å². The number of nitrogens with zero attached hydrogens (tertiary/aromatic N) is 1. The highest BCUT2D eigenvalue weighted by Gasteiger charge is 2.18. The number of rotatable bonds is 14. The lowest BCUT2D eigenvalue weighted by Gasteiger charge is -2.25. The molecule has 0 spiro atoms. The van der Waals surface area contributed by atoms with Crippen LogP contribution in [0.25, 0.3) is 0 Å². The Morgan fingerprint density at radius 3 is 2.53 bits per heavy atom. The first kappa shape index (κ1) is 23.7. The lowest BCUT2D eigenvalue weighted by atomic mass is 10.1. The van der Waals surface area contributed by atoms with E-state index in [2.05, 4.69) is 31.3 Å². The second kappa shape index (κ2) is 13.6. The molecule has 1 N–H and O–H groups in total. The van der Waals surface area contributed by atoms with Crippen molar-refractivity contribution in [2.45, 2.75) is 46.1 Å². The van der Waals surface area contributed by atoms with Gasteiger partial charge in [-0.15, -0.1) is 0 Å². The number of methoxy groups -OCH3 is 1. The summed E-state index contributed by atoms with van der Waals surface area (Å²) >= 11 is 0. The average Bonchev–Trinajstić information content (AvgIpc) is 2.78. The quantitative estimate of drug-likeness (QED) is 0.466. The van der Waals surface area contributed by atoms with Crippen LogP contribution in [0.2, 0.25) is 0 Å². The number of carbonyl (C=O) groups excluding carboxylic acids is 1. The Balaban J connectivity index is 2.15. The first-order chi connectivity index (χ1) is 14.7. The van der Waals surface area contributed by atoms with Crippen LogP contribution in [0.15, 0.2) is 48.5 Å². The topological polar surface area (TPSA) is 50.8 Å². The van der Waals surface area contributed by atoms with Crippen molar-refractivity contribution in [3.8, 4) is 11.5 Å². The molecule has 0 aromatic heterocycles. The van der Waals surface area contributed by atoms with Gasteiger partial charge in [0.2, 0.25) is 5.91 Å². The molecule has 0 aliphatic carbocycles. The zero-order valence-corrected chi connectivity index (χ0v) is 18.7. The van der Waals surface area contributed by atoms with E-state index in [-0.39, 0.29) is 5.91 Å². The van der Waals surface area contributed by atoms with E-state index in [0.29, 0.717) is 32.0 Å². The lowest BCUT2D eigenvalue weighted by molar-refractivity contribution is -0.130. The van der Waals surface area contributed by atoms with E-state index in [1.165, 1.54) is 5.56 Å². The van der Waals surface area contributed by atoms with Gasteiger partial charge in [0.25, 0.3) is 0 Å². The summed E-state index contributed by atoms with van der Waals surface area (Å²) in [7, 11) is 1.65. The second-order valence-electron chi connectivity index (χ2n) is 7.38. The molecule has 2 aromatic rings. The number of unbranched alkanes of at least 4 members (excludes halogenated alkanes) is 1. The van der Waals surface area contributed by atoms with Crippen LogP contribution in [0.4, 0.5) is 0 Å². The minimum absolute atomic E-state index is 0.103. The van der Waals surface area contributed by atoms with Crippen molar-refractivity contribution in [3.05, 3.63) is 59.7 Å². The fraction of sp³-hybridized carbons (Fsp3) is 0.480. The molecule has 0 aliphatic heterocycles. The minimum atomic E-state index is 0.103. The average molecular weight is 413 g/mol. The van der Waals surface area contributed by atoms with Crippen molar-refractivity contribution in [2.24, 2.45) is 0 Å². The van der Waals surface area contributed by atoms with Crippen LogP contribution < -0.4 is 14.8 Å². The summed E-state index contributed by atoms with van der Waals surface area (Å²) in [5.74, 6) is 1.54. The molecule has 0 bridgehead atoms.